The molecule has 102 valence electrons. The number of aryl methyl sites for hydroxylation is 2. The molecule has 3 unspecified atom stereocenters. The summed E-state index contributed by atoms with van der Waals surface area (Å²) in [4.78, 5) is 0.407. The van der Waals surface area contributed by atoms with Crippen molar-refractivity contribution in [3.63, 3.8) is 0 Å². The van der Waals surface area contributed by atoms with Gasteiger partial charge in [-0.15, -0.1) is 0 Å². The molecular formula is C15H19NO2S. The monoisotopic (exact) mass is 277 g/mol. The maximum atomic E-state index is 12.5. The highest BCUT2D eigenvalue weighted by Gasteiger charge is 2.38. The average Bonchev–Trinajstić information content (AvgIpc) is 2.89. The van der Waals surface area contributed by atoms with E-state index >= 15 is 0 Å². The lowest BCUT2D eigenvalue weighted by atomic mass is 10.0. The number of hydrogen-bond acceptors (Lipinski definition) is 2. The van der Waals surface area contributed by atoms with Gasteiger partial charge < -0.3 is 0 Å². The smallest absolute Gasteiger partial charge is 0.207 e. The molecule has 2 aliphatic rings. The summed E-state index contributed by atoms with van der Waals surface area (Å²) in [6.45, 7) is 3.82. The Bertz CT molecular complexity index is 634. The first-order valence-corrected chi connectivity index (χ1v) is 8.22. The quantitative estimate of drug-likeness (QED) is 0.863. The zero-order valence-electron chi connectivity index (χ0n) is 11.3. The van der Waals surface area contributed by atoms with Crippen LogP contribution >= 0.6 is 0 Å². The lowest BCUT2D eigenvalue weighted by Gasteiger charge is -2.20. The molecule has 1 fully saturated rings. The highest BCUT2D eigenvalue weighted by molar-refractivity contribution is 7.89. The molecule has 1 N–H and O–H groups in total. The Hall–Kier alpha value is -1.13. The molecule has 0 heterocycles. The van der Waals surface area contributed by atoms with Crippen molar-refractivity contribution in [1.82, 2.24) is 4.72 Å². The Balaban J connectivity index is 1.85. The van der Waals surface area contributed by atoms with Crippen molar-refractivity contribution in [2.75, 3.05) is 0 Å². The number of allylic oxidation sites excluding steroid dienone is 1. The van der Waals surface area contributed by atoms with Crippen LogP contribution in [0, 0.1) is 25.7 Å². The minimum absolute atomic E-state index is 0.0701. The lowest BCUT2D eigenvalue weighted by molar-refractivity contribution is 0.503. The van der Waals surface area contributed by atoms with Gasteiger partial charge in [-0.25, -0.2) is 13.1 Å². The maximum absolute atomic E-state index is 12.5. The molecule has 0 amide bonds. The molecule has 3 nitrogen and oxygen atoms in total. The number of hydrogen-bond donors (Lipinski definition) is 1. The molecule has 1 aromatic carbocycles. The van der Waals surface area contributed by atoms with Gasteiger partial charge in [-0.05, 0) is 50.2 Å². The molecule has 1 aromatic rings. The van der Waals surface area contributed by atoms with E-state index in [0.717, 1.165) is 24.0 Å². The SMILES string of the molecule is Cc1ccc(S(=O)(=O)NC2CC3C=CC2C3)c(C)c1. The number of benzene rings is 1. The summed E-state index contributed by atoms with van der Waals surface area (Å²) in [7, 11) is -3.40. The van der Waals surface area contributed by atoms with Crippen molar-refractivity contribution in [1.29, 1.82) is 0 Å². The Morgan fingerprint density at radius 3 is 2.53 bits per heavy atom. The molecule has 0 aliphatic heterocycles. The van der Waals surface area contributed by atoms with E-state index in [1.54, 1.807) is 6.07 Å². The third-order valence-electron chi connectivity index (χ3n) is 4.21. The summed E-state index contributed by atoms with van der Waals surface area (Å²) in [6.07, 6.45) is 6.40. The first kappa shape index (κ1) is 12.9. The molecule has 2 bridgehead atoms. The van der Waals surface area contributed by atoms with Crippen LogP contribution in [0.5, 0.6) is 0 Å². The molecule has 3 atom stereocenters. The van der Waals surface area contributed by atoms with Gasteiger partial charge in [0.2, 0.25) is 10.0 Å². The highest BCUT2D eigenvalue weighted by atomic mass is 32.2. The van der Waals surface area contributed by atoms with E-state index in [0.29, 0.717) is 16.7 Å². The van der Waals surface area contributed by atoms with Gasteiger partial charge in [0, 0.05) is 6.04 Å². The summed E-state index contributed by atoms with van der Waals surface area (Å²) in [6, 6.07) is 5.54. The van der Waals surface area contributed by atoms with Crippen LogP contribution < -0.4 is 4.72 Å². The average molecular weight is 277 g/mol. The summed E-state index contributed by atoms with van der Waals surface area (Å²) in [5, 5.41) is 0. The molecule has 4 heteroatoms. The molecule has 19 heavy (non-hydrogen) atoms. The first-order chi connectivity index (χ1) is 8.95. The van der Waals surface area contributed by atoms with E-state index in [1.807, 2.05) is 26.0 Å². The van der Waals surface area contributed by atoms with Gasteiger partial charge >= 0.3 is 0 Å². The standard InChI is InChI=1S/C15H19NO2S/c1-10-3-6-15(11(2)7-10)19(17,18)16-14-9-12-4-5-13(14)8-12/h3-7,12-14,16H,8-9H2,1-2H3. The maximum Gasteiger partial charge on any atom is 0.241 e. The normalized spacial score (nSPS) is 29.1. The van der Waals surface area contributed by atoms with Crippen LogP contribution in [-0.2, 0) is 10.0 Å². The van der Waals surface area contributed by atoms with Crippen molar-refractivity contribution in [3.05, 3.63) is 41.5 Å². The van der Waals surface area contributed by atoms with E-state index < -0.39 is 10.0 Å². The second-order valence-electron chi connectivity index (χ2n) is 5.78. The van der Waals surface area contributed by atoms with E-state index in [4.69, 9.17) is 0 Å². The Morgan fingerprint density at radius 2 is 1.95 bits per heavy atom. The van der Waals surface area contributed by atoms with E-state index in [-0.39, 0.29) is 6.04 Å². The fourth-order valence-corrected chi connectivity index (χ4v) is 4.81. The fraction of sp³-hybridized carbons (Fsp3) is 0.467. The van der Waals surface area contributed by atoms with E-state index in [2.05, 4.69) is 16.9 Å². The molecule has 1 saturated carbocycles. The second-order valence-corrected chi connectivity index (χ2v) is 7.46. The van der Waals surface area contributed by atoms with E-state index in [9.17, 15) is 8.42 Å². The zero-order chi connectivity index (χ0) is 13.6. The van der Waals surface area contributed by atoms with E-state index in [1.165, 1.54) is 0 Å². The van der Waals surface area contributed by atoms with Crippen molar-refractivity contribution in [3.8, 4) is 0 Å². The fourth-order valence-electron chi connectivity index (χ4n) is 3.28. The second kappa shape index (κ2) is 4.46. The molecule has 0 radical (unpaired) electrons. The molecule has 3 rings (SSSR count). The zero-order valence-corrected chi connectivity index (χ0v) is 12.1. The number of fused-ring (bicyclic) bond motifs is 2. The summed E-state index contributed by atoms with van der Waals surface area (Å²) >= 11 is 0. The number of sulfonamides is 1. The lowest BCUT2D eigenvalue weighted by Crippen LogP contribution is -2.37. The van der Waals surface area contributed by atoms with Crippen LogP contribution in [0.3, 0.4) is 0 Å². The molecule has 0 saturated heterocycles. The van der Waals surface area contributed by atoms with Gasteiger partial charge in [-0.2, -0.15) is 0 Å². The third kappa shape index (κ3) is 2.35. The van der Waals surface area contributed by atoms with Crippen LogP contribution in [0.1, 0.15) is 24.0 Å². The molecule has 2 aliphatic carbocycles. The Labute approximate surface area is 114 Å². The van der Waals surface area contributed by atoms with Gasteiger partial charge in [-0.3, -0.25) is 0 Å². The van der Waals surface area contributed by atoms with Crippen molar-refractivity contribution in [2.45, 2.75) is 37.6 Å². The Morgan fingerprint density at radius 1 is 1.16 bits per heavy atom. The topological polar surface area (TPSA) is 46.2 Å². The van der Waals surface area contributed by atoms with Crippen molar-refractivity contribution < 1.29 is 8.42 Å². The highest BCUT2D eigenvalue weighted by Crippen LogP contribution is 2.39. The molecule has 0 spiro atoms. The third-order valence-corrected chi connectivity index (χ3v) is 5.86. The predicted octanol–water partition coefficient (Wildman–Crippen LogP) is 2.55. The van der Waals surface area contributed by atoms with Gasteiger partial charge in [0.05, 0.1) is 4.90 Å². The van der Waals surface area contributed by atoms with Gasteiger partial charge in [-0.1, -0.05) is 29.8 Å². The minimum atomic E-state index is -3.40. The Kier molecular flexibility index (Phi) is 3.02. The number of rotatable bonds is 3. The van der Waals surface area contributed by atoms with Crippen LogP contribution in [0.4, 0.5) is 0 Å². The summed E-state index contributed by atoms with van der Waals surface area (Å²) in [5.41, 5.74) is 1.89. The molecule has 0 aromatic heterocycles. The summed E-state index contributed by atoms with van der Waals surface area (Å²) < 4.78 is 27.8. The first-order valence-electron chi connectivity index (χ1n) is 6.73. The van der Waals surface area contributed by atoms with Crippen LogP contribution in [0.25, 0.3) is 0 Å². The number of nitrogens with one attached hydrogen (secondary N) is 1. The van der Waals surface area contributed by atoms with Crippen LogP contribution in [-0.4, -0.2) is 14.5 Å². The van der Waals surface area contributed by atoms with Gasteiger partial charge in [0.25, 0.3) is 0 Å². The largest absolute Gasteiger partial charge is 0.241 e. The van der Waals surface area contributed by atoms with Gasteiger partial charge in [0.15, 0.2) is 0 Å². The predicted molar refractivity (Wildman–Crippen MR) is 75.4 cm³/mol. The van der Waals surface area contributed by atoms with Crippen LogP contribution in [0.2, 0.25) is 0 Å². The molecular weight excluding hydrogens is 258 g/mol. The van der Waals surface area contributed by atoms with Crippen molar-refractivity contribution in [2.24, 2.45) is 11.8 Å². The van der Waals surface area contributed by atoms with Crippen molar-refractivity contribution >= 4 is 10.0 Å². The van der Waals surface area contributed by atoms with Gasteiger partial charge in [0.1, 0.15) is 0 Å². The minimum Gasteiger partial charge on any atom is -0.207 e. The van der Waals surface area contributed by atoms with Crippen LogP contribution in [0.15, 0.2) is 35.2 Å². The summed E-state index contributed by atoms with van der Waals surface area (Å²) in [5.74, 6) is 0.947.